The van der Waals surface area contributed by atoms with Gasteiger partial charge in [0.05, 0.1) is 0 Å². The summed E-state index contributed by atoms with van der Waals surface area (Å²) in [4.78, 5) is 12.5. The molecule has 0 aliphatic heterocycles. The van der Waals surface area contributed by atoms with Gasteiger partial charge in [-0.15, -0.1) is 0 Å². The fourth-order valence-corrected chi connectivity index (χ4v) is 3.23. The summed E-state index contributed by atoms with van der Waals surface area (Å²) in [5, 5.41) is 3.19. The molecule has 1 aromatic rings. The maximum Gasteiger partial charge on any atom is 0.224 e. The van der Waals surface area contributed by atoms with Crippen molar-refractivity contribution in [3.8, 4) is 0 Å². The highest BCUT2D eigenvalue weighted by molar-refractivity contribution is 5.81. The van der Waals surface area contributed by atoms with Crippen molar-refractivity contribution in [2.75, 3.05) is 6.54 Å². The van der Waals surface area contributed by atoms with E-state index in [0.717, 1.165) is 19.3 Å². The quantitative estimate of drug-likeness (QED) is 0.865. The van der Waals surface area contributed by atoms with E-state index in [1.165, 1.54) is 11.1 Å². The number of benzene rings is 1. The maximum atomic E-state index is 12.5. The first kappa shape index (κ1) is 15.0. The zero-order valence-corrected chi connectivity index (χ0v) is 12.8. The van der Waals surface area contributed by atoms with E-state index in [-0.39, 0.29) is 17.4 Å². The zero-order valence-electron chi connectivity index (χ0n) is 12.8. The summed E-state index contributed by atoms with van der Waals surface area (Å²) in [6.07, 6.45) is 2.61. The Labute approximate surface area is 121 Å². The van der Waals surface area contributed by atoms with Crippen LogP contribution >= 0.6 is 0 Å². The van der Waals surface area contributed by atoms with Gasteiger partial charge in [-0.3, -0.25) is 4.79 Å². The Bertz CT molecular complexity index is 459. The largest absolute Gasteiger partial charge is 0.349 e. The number of hydrogen-bond acceptors (Lipinski definition) is 2. The highest BCUT2D eigenvalue weighted by atomic mass is 16.2. The van der Waals surface area contributed by atoms with E-state index >= 15 is 0 Å². The first-order chi connectivity index (χ1) is 9.43. The summed E-state index contributed by atoms with van der Waals surface area (Å²) < 4.78 is 0. The molecule has 0 spiro atoms. The monoisotopic (exact) mass is 274 g/mol. The molecule has 1 aliphatic carbocycles. The van der Waals surface area contributed by atoms with Crippen molar-refractivity contribution in [3.05, 3.63) is 35.4 Å². The van der Waals surface area contributed by atoms with Crippen molar-refractivity contribution in [3.63, 3.8) is 0 Å². The second-order valence-corrected chi connectivity index (χ2v) is 6.73. The number of nitrogens with one attached hydrogen (secondary N) is 1. The molecular weight excluding hydrogens is 248 g/mol. The predicted octanol–water partition coefficient (Wildman–Crippen LogP) is 2.28. The SMILES string of the molecule is CC(C)CC(C)(CN)NC(=O)C1Cc2ccccc2C1. The van der Waals surface area contributed by atoms with Crippen LogP contribution in [0.25, 0.3) is 0 Å². The number of nitrogens with two attached hydrogens (primary N) is 1. The van der Waals surface area contributed by atoms with Gasteiger partial charge in [0.25, 0.3) is 0 Å². The molecule has 20 heavy (non-hydrogen) atoms. The van der Waals surface area contributed by atoms with Gasteiger partial charge >= 0.3 is 0 Å². The van der Waals surface area contributed by atoms with Crippen molar-refractivity contribution >= 4 is 5.91 Å². The van der Waals surface area contributed by atoms with Crippen LogP contribution in [-0.2, 0) is 17.6 Å². The third-order valence-corrected chi connectivity index (χ3v) is 4.16. The molecular formula is C17H26N2O. The van der Waals surface area contributed by atoms with Crippen LogP contribution in [0.5, 0.6) is 0 Å². The van der Waals surface area contributed by atoms with E-state index in [4.69, 9.17) is 5.73 Å². The van der Waals surface area contributed by atoms with Crippen molar-refractivity contribution in [2.24, 2.45) is 17.6 Å². The Balaban J connectivity index is 2.00. The van der Waals surface area contributed by atoms with Crippen LogP contribution in [0.15, 0.2) is 24.3 Å². The molecule has 0 radical (unpaired) electrons. The van der Waals surface area contributed by atoms with Crippen molar-refractivity contribution in [1.29, 1.82) is 0 Å². The number of carbonyl (C=O) groups excluding carboxylic acids is 1. The van der Waals surface area contributed by atoms with Crippen LogP contribution < -0.4 is 11.1 Å². The van der Waals surface area contributed by atoms with E-state index in [2.05, 4.69) is 31.3 Å². The second-order valence-electron chi connectivity index (χ2n) is 6.73. The Hall–Kier alpha value is -1.35. The van der Waals surface area contributed by atoms with Crippen LogP contribution in [0.2, 0.25) is 0 Å². The summed E-state index contributed by atoms with van der Waals surface area (Å²) >= 11 is 0. The summed E-state index contributed by atoms with van der Waals surface area (Å²) in [5.41, 5.74) is 8.20. The normalized spacial score (nSPS) is 17.9. The number of carbonyl (C=O) groups is 1. The van der Waals surface area contributed by atoms with Gasteiger partial charge in [-0.2, -0.15) is 0 Å². The first-order valence-corrected chi connectivity index (χ1v) is 7.52. The lowest BCUT2D eigenvalue weighted by molar-refractivity contribution is -0.126. The minimum atomic E-state index is -0.292. The van der Waals surface area contributed by atoms with Gasteiger partial charge in [0.15, 0.2) is 0 Å². The summed E-state index contributed by atoms with van der Waals surface area (Å²) in [6, 6.07) is 8.33. The lowest BCUT2D eigenvalue weighted by Crippen LogP contribution is -2.53. The Morgan fingerprint density at radius 1 is 1.35 bits per heavy atom. The highest BCUT2D eigenvalue weighted by Crippen LogP contribution is 2.27. The van der Waals surface area contributed by atoms with Gasteiger partial charge in [0, 0.05) is 18.0 Å². The highest BCUT2D eigenvalue weighted by Gasteiger charge is 2.32. The minimum Gasteiger partial charge on any atom is -0.349 e. The molecule has 3 nitrogen and oxygen atoms in total. The van der Waals surface area contributed by atoms with Gasteiger partial charge in [0.2, 0.25) is 5.91 Å². The molecule has 0 aromatic heterocycles. The molecule has 0 saturated carbocycles. The van der Waals surface area contributed by atoms with Crippen LogP contribution in [0.1, 0.15) is 38.3 Å². The molecule has 1 amide bonds. The summed E-state index contributed by atoms with van der Waals surface area (Å²) in [6.45, 7) is 6.85. The van der Waals surface area contributed by atoms with E-state index in [1.807, 2.05) is 19.1 Å². The van der Waals surface area contributed by atoms with Crippen molar-refractivity contribution < 1.29 is 4.79 Å². The molecule has 1 aromatic carbocycles. The third-order valence-electron chi connectivity index (χ3n) is 4.16. The molecule has 1 atom stereocenters. The maximum absolute atomic E-state index is 12.5. The number of fused-ring (bicyclic) bond motifs is 1. The molecule has 0 saturated heterocycles. The standard InChI is InChI=1S/C17H26N2O/c1-12(2)10-17(3,11-18)19-16(20)15-8-13-6-4-5-7-14(13)9-15/h4-7,12,15H,8-11,18H2,1-3H3,(H,19,20). The van der Waals surface area contributed by atoms with Crippen molar-refractivity contribution in [2.45, 2.75) is 45.6 Å². The molecule has 0 heterocycles. The van der Waals surface area contributed by atoms with E-state index in [9.17, 15) is 4.79 Å². The smallest absolute Gasteiger partial charge is 0.224 e. The molecule has 110 valence electrons. The number of hydrogen-bond donors (Lipinski definition) is 2. The topological polar surface area (TPSA) is 55.1 Å². The molecule has 0 bridgehead atoms. The molecule has 1 unspecified atom stereocenters. The fourth-order valence-electron chi connectivity index (χ4n) is 3.23. The van der Waals surface area contributed by atoms with Crippen LogP contribution in [-0.4, -0.2) is 18.0 Å². The van der Waals surface area contributed by atoms with Crippen molar-refractivity contribution in [1.82, 2.24) is 5.32 Å². The van der Waals surface area contributed by atoms with Crippen LogP contribution in [0.3, 0.4) is 0 Å². The molecule has 1 aliphatic rings. The van der Waals surface area contributed by atoms with E-state index < -0.39 is 0 Å². The van der Waals surface area contributed by atoms with E-state index in [0.29, 0.717) is 12.5 Å². The minimum absolute atomic E-state index is 0.0606. The summed E-state index contributed by atoms with van der Waals surface area (Å²) in [5.74, 6) is 0.727. The van der Waals surface area contributed by atoms with Gasteiger partial charge in [-0.25, -0.2) is 0 Å². The van der Waals surface area contributed by atoms with E-state index in [1.54, 1.807) is 0 Å². The molecule has 2 rings (SSSR count). The van der Waals surface area contributed by atoms with Crippen LogP contribution in [0.4, 0.5) is 0 Å². The van der Waals surface area contributed by atoms with Gasteiger partial charge in [-0.1, -0.05) is 38.1 Å². The van der Waals surface area contributed by atoms with Gasteiger partial charge in [-0.05, 0) is 43.2 Å². The average molecular weight is 274 g/mol. The predicted molar refractivity (Wildman–Crippen MR) is 82.4 cm³/mol. The Morgan fingerprint density at radius 3 is 2.35 bits per heavy atom. The average Bonchev–Trinajstić information content (AvgIpc) is 2.81. The third kappa shape index (κ3) is 3.40. The fraction of sp³-hybridized carbons (Fsp3) is 0.588. The molecule has 3 N–H and O–H groups in total. The molecule has 3 heteroatoms. The summed E-state index contributed by atoms with van der Waals surface area (Å²) in [7, 11) is 0. The number of amides is 1. The zero-order chi connectivity index (χ0) is 14.8. The Morgan fingerprint density at radius 2 is 1.90 bits per heavy atom. The van der Waals surface area contributed by atoms with Gasteiger partial charge < -0.3 is 11.1 Å². The number of rotatable bonds is 5. The lowest BCUT2D eigenvalue weighted by atomic mass is 9.89. The van der Waals surface area contributed by atoms with Gasteiger partial charge in [0.1, 0.15) is 0 Å². The second kappa shape index (κ2) is 5.96. The molecule has 0 fully saturated rings. The Kier molecular flexibility index (Phi) is 4.48. The first-order valence-electron chi connectivity index (χ1n) is 7.52. The lowest BCUT2D eigenvalue weighted by Gasteiger charge is -2.32. The van der Waals surface area contributed by atoms with Crippen LogP contribution in [0, 0.1) is 11.8 Å².